The van der Waals surface area contributed by atoms with Crippen LogP contribution in [0.3, 0.4) is 0 Å². The minimum Gasteiger partial charge on any atom is -0.322 e. The smallest absolute Gasteiger partial charge is 0.322 e. The van der Waals surface area contributed by atoms with Gasteiger partial charge in [-0.2, -0.15) is 0 Å². The lowest BCUT2D eigenvalue weighted by molar-refractivity contribution is 0.102. The average molecular weight is 438 g/mol. The molecule has 3 aromatic carbocycles. The zero-order chi connectivity index (χ0) is 21.8. The van der Waals surface area contributed by atoms with Crippen LogP contribution in [-0.2, 0) is 6.54 Å². The highest BCUT2D eigenvalue weighted by Crippen LogP contribution is 2.25. The van der Waals surface area contributed by atoms with Crippen molar-refractivity contribution in [2.45, 2.75) is 13.0 Å². The fourth-order valence-electron chi connectivity index (χ4n) is 3.56. The molecule has 5 nitrogen and oxygen atoms in total. The van der Waals surface area contributed by atoms with Crippen molar-refractivity contribution in [1.29, 1.82) is 0 Å². The Hall–Kier alpha value is -3.38. The molecular weight excluding hydrogens is 417 g/mol. The summed E-state index contributed by atoms with van der Waals surface area (Å²) in [7, 11) is 0. The maximum atomic E-state index is 14.0. The van der Waals surface area contributed by atoms with Gasteiger partial charge in [-0.3, -0.25) is 9.69 Å². The number of benzene rings is 3. The van der Waals surface area contributed by atoms with Crippen LogP contribution in [0.4, 0.5) is 20.6 Å². The minimum absolute atomic E-state index is 0.185. The first-order valence-electron chi connectivity index (χ1n) is 9.98. The van der Waals surface area contributed by atoms with E-state index in [1.165, 1.54) is 6.07 Å². The second kappa shape index (κ2) is 9.18. The molecule has 0 atom stereocenters. The van der Waals surface area contributed by atoms with Crippen molar-refractivity contribution < 1.29 is 14.0 Å². The number of hydrogen-bond acceptors (Lipinski definition) is 2. The van der Waals surface area contributed by atoms with E-state index in [1.54, 1.807) is 70.5 Å². The molecule has 1 aliphatic heterocycles. The number of halogens is 2. The number of rotatable bonds is 5. The normalized spacial score (nSPS) is 13.9. The van der Waals surface area contributed by atoms with E-state index in [1.807, 2.05) is 6.07 Å². The van der Waals surface area contributed by atoms with E-state index >= 15 is 0 Å². The number of carbonyl (C=O) groups is 2. The Labute approximate surface area is 185 Å². The number of amides is 3. The highest BCUT2D eigenvalue weighted by Gasteiger charge is 2.27. The molecule has 0 aromatic heterocycles. The van der Waals surface area contributed by atoms with E-state index in [9.17, 15) is 14.0 Å². The van der Waals surface area contributed by atoms with E-state index < -0.39 is 0 Å². The fraction of sp³-hybridized carbons (Fsp3) is 0.167. The average Bonchev–Trinajstić information content (AvgIpc) is 2.77. The molecule has 1 heterocycles. The number of anilines is 2. The summed E-state index contributed by atoms with van der Waals surface area (Å²) in [5.74, 6) is -0.584. The summed E-state index contributed by atoms with van der Waals surface area (Å²) >= 11 is 5.87. The van der Waals surface area contributed by atoms with Crippen molar-refractivity contribution in [3.05, 3.63) is 94.8 Å². The molecule has 31 heavy (non-hydrogen) atoms. The molecule has 4 rings (SSSR count). The van der Waals surface area contributed by atoms with Gasteiger partial charge in [0.25, 0.3) is 5.91 Å². The first-order valence-corrected chi connectivity index (χ1v) is 10.4. The van der Waals surface area contributed by atoms with Crippen LogP contribution in [0.2, 0.25) is 5.02 Å². The third-order valence-electron chi connectivity index (χ3n) is 5.15. The van der Waals surface area contributed by atoms with Gasteiger partial charge in [0.2, 0.25) is 0 Å². The highest BCUT2D eigenvalue weighted by molar-refractivity contribution is 6.30. The lowest BCUT2D eigenvalue weighted by Gasteiger charge is -2.36. The van der Waals surface area contributed by atoms with Crippen LogP contribution in [0.25, 0.3) is 0 Å². The molecule has 1 fully saturated rings. The quantitative estimate of drug-likeness (QED) is 0.567. The Morgan fingerprint density at radius 3 is 2.55 bits per heavy atom. The Morgan fingerprint density at radius 1 is 1.00 bits per heavy atom. The molecule has 1 aliphatic rings. The summed E-state index contributed by atoms with van der Waals surface area (Å²) in [6.45, 7) is 1.34. The van der Waals surface area contributed by atoms with Crippen molar-refractivity contribution in [2.24, 2.45) is 0 Å². The summed E-state index contributed by atoms with van der Waals surface area (Å²) in [5.41, 5.74) is 2.23. The van der Waals surface area contributed by atoms with Crippen molar-refractivity contribution >= 4 is 34.9 Å². The minimum atomic E-state index is -0.320. The second-order valence-electron chi connectivity index (χ2n) is 7.31. The molecule has 0 spiro atoms. The highest BCUT2D eigenvalue weighted by atomic mass is 35.5. The van der Waals surface area contributed by atoms with E-state index in [0.29, 0.717) is 40.6 Å². The third kappa shape index (κ3) is 4.86. The Morgan fingerprint density at radius 2 is 1.77 bits per heavy atom. The SMILES string of the molecule is O=C(Nc1cccc(N2CCCN(Cc3ccccc3F)C2=O)c1)c1ccc(Cl)cc1. The largest absolute Gasteiger partial charge is 0.324 e. The molecule has 0 aliphatic carbocycles. The van der Waals surface area contributed by atoms with E-state index in [4.69, 9.17) is 11.6 Å². The molecule has 1 N–H and O–H groups in total. The maximum Gasteiger partial charge on any atom is 0.324 e. The first kappa shape index (κ1) is 20.9. The number of nitrogens with one attached hydrogen (secondary N) is 1. The fourth-order valence-corrected chi connectivity index (χ4v) is 3.68. The lowest BCUT2D eigenvalue weighted by Crippen LogP contribution is -2.49. The van der Waals surface area contributed by atoms with E-state index in [2.05, 4.69) is 5.32 Å². The van der Waals surface area contributed by atoms with Gasteiger partial charge in [0, 0.05) is 40.6 Å². The standard InChI is InChI=1S/C24H21ClFN3O2/c25-19-11-9-17(10-12-19)23(30)27-20-6-3-7-21(15-20)29-14-4-13-28(24(29)31)16-18-5-1-2-8-22(18)26/h1-3,5-12,15H,4,13-14,16H2,(H,27,30). The molecular formula is C24H21ClFN3O2. The molecule has 3 amide bonds. The van der Waals surface area contributed by atoms with Gasteiger partial charge in [0.1, 0.15) is 5.82 Å². The molecule has 7 heteroatoms. The van der Waals surface area contributed by atoms with Gasteiger partial charge in [-0.15, -0.1) is 0 Å². The van der Waals surface area contributed by atoms with E-state index in [-0.39, 0.29) is 24.3 Å². The van der Waals surface area contributed by atoms with Crippen LogP contribution in [0, 0.1) is 5.82 Å². The summed E-state index contributed by atoms with van der Waals surface area (Å²) in [6, 6.07) is 20.0. The van der Waals surface area contributed by atoms with Crippen LogP contribution in [0.1, 0.15) is 22.3 Å². The molecule has 1 saturated heterocycles. The molecule has 158 valence electrons. The summed E-state index contributed by atoms with van der Waals surface area (Å²) in [6.07, 6.45) is 0.765. The van der Waals surface area contributed by atoms with Gasteiger partial charge in [-0.05, 0) is 55.0 Å². The zero-order valence-electron chi connectivity index (χ0n) is 16.7. The van der Waals surface area contributed by atoms with Crippen LogP contribution in [0.5, 0.6) is 0 Å². The van der Waals surface area contributed by atoms with Gasteiger partial charge >= 0.3 is 6.03 Å². The van der Waals surface area contributed by atoms with Crippen molar-refractivity contribution in [2.75, 3.05) is 23.3 Å². The Balaban J connectivity index is 1.48. The second-order valence-corrected chi connectivity index (χ2v) is 7.75. The molecule has 3 aromatic rings. The van der Waals surface area contributed by atoms with Crippen LogP contribution in [0.15, 0.2) is 72.8 Å². The monoisotopic (exact) mass is 437 g/mol. The topological polar surface area (TPSA) is 52.7 Å². The molecule has 0 unspecified atom stereocenters. The number of carbonyl (C=O) groups excluding carboxylic acids is 2. The van der Waals surface area contributed by atoms with Crippen molar-refractivity contribution in [1.82, 2.24) is 4.90 Å². The zero-order valence-corrected chi connectivity index (χ0v) is 17.5. The van der Waals surface area contributed by atoms with Gasteiger partial charge in [-0.1, -0.05) is 35.9 Å². The third-order valence-corrected chi connectivity index (χ3v) is 5.40. The van der Waals surface area contributed by atoms with Crippen LogP contribution < -0.4 is 10.2 Å². The van der Waals surface area contributed by atoms with Crippen LogP contribution in [-0.4, -0.2) is 29.9 Å². The number of nitrogens with zero attached hydrogens (tertiary/aromatic N) is 2. The van der Waals surface area contributed by atoms with Gasteiger partial charge in [0.05, 0.1) is 6.54 Å². The summed E-state index contributed by atoms with van der Waals surface area (Å²) in [4.78, 5) is 28.8. The van der Waals surface area contributed by atoms with E-state index in [0.717, 1.165) is 6.42 Å². The summed E-state index contributed by atoms with van der Waals surface area (Å²) < 4.78 is 14.0. The number of urea groups is 1. The first-order chi connectivity index (χ1) is 15.0. The lowest BCUT2D eigenvalue weighted by atomic mass is 10.1. The van der Waals surface area contributed by atoms with Gasteiger partial charge in [0.15, 0.2) is 0 Å². The predicted molar refractivity (Wildman–Crippen MR) is 120 cm³/mol. The predicted octanol–water partition coefficient (Wildman–Crippen LogP) is 5.56. The van der Waals surface area contributed by atoms with Gasteiger partial charge in [-0.25, -0.2) is 9.18 Å². The Bertz CT molecular complexity index is 1100. The molecule has 0 radical (unpaired) electrons. The number of hydrogen-bond donors (Lipinski definition) is 1. The molecule has 0 bridgehead atoms. The summed E-state index contributed by atoms with van der Waals surface area (Å²) in [5, 5.41) is 3.40. The molecule has 0 saturated carbocycles. The van der Waals surface area contributed by atoms with Crippen molar-refractivity contribution in [3.8, 4) is 0 Å². The van der Waals surface area contributed by atoms with Crippen LogP contribution >= 0.6 is 11.6 Å². The van der Waals surface area contributed by atoms with Crippen molar-refractivity contribution in [3.63, 3.8) is 0 Å². The Kier molecular flexibility index (Phi) is 6.18. The maximum absolute atomic E-state index is 14.0. The van der Waals surface area contributed by atoms with Gasteiger partial charge < -0.3 is 10.2 Å².